The summed E-state index contributed by atoms with van der Waals surface area (Å²) in [7, 11) is 0. The van der Waals surface area contributed by atoms with Crippen LogP contribution in [-0.2, 0) is 11.3 Å². The lowest BCUT2D eigenvalue weighted by Crippen LogP contribution is -2.23. The monoisotopic (exact) mass is 266 g/mol. The molecule has 0 aliphatic carbocycles. The molecule has 1 aliphatic rings. The first kappa shape index (κ1) is 13.6. The molecule has 18 heavy (non-hydrogen) atoms. The third-order valence-electron chi connectivity index (χ3n) is 3.62. The average Bonchev–Trinajstić information content (AvgIpc) is 2.95. The van der Waals surface area contributed by atoms with E-state index >= 15 is 0 Å². The van der Waals surface area contributed by atoms with Crippen LogP contribution in [0.15, 0.2) is 6.07 Å². The largest absolute Gasteiger partial charge is 0.351 e. The standard InChI is InChI=1S/C14H22N2OS/c1-10-7-13(18-11(10)2)9-16-14(17)4-3-12-5-6-15-8-12/h7,12,15H,3-6,8-9H2,1-2H3,(H,16,17). The Morgan fingerprint density at radius 1 is 1.56 bits per heavy atom. The summed E-state index contributed by atoms with van der Waals surface area (Å²) in [5.74, 6) is 0.882. The number of hydrogen-bond donors (Lipinski definition) is 2. The van der Waals surface area contributed by atoms with Crippen molar-refractivity contribution in [1.82, 2.24) is 10.6 Å². The minimum atomic E-state index is 0.186. The van der Waals surface area contributed by atoms with Gasteiger partial charge in [0.15, 0.2) is 0 Å². The molecule has 1 aliphatic heterocycles. The van der Waals surface area contributed by atoms with E-state index in [1.165, 1.54) is 21.7 Å². The van der Waals surface area contributed by atoms with Crippen molar-refractivity contribution in [2.75, 3.05) is 13.1 Å². The lowest BCUT2D eigenvalue weighted by Gasteiger charge is -2.07. The Hall–Kier alpha value is -0.870. The van der Waals surface area contributed by atoms with Crippen LogP contribution in [0.25, 0.3) is 0 Å². The van der Waals surface area contributed by atoms with Gasteiger partial charge in [-0.05, 0) is 57.3 Å². The molecule has 0 radical (unpaired) electrons. The molecule has 0 aromatic carbocycles. The van der Waals surface area contributed by atoms with Crippen LogP contribution in [0.1, 0.15) is 34.6 Å². The Balaban J connectivity index is 1.67. The van der Waals surface area contributed by atoms with Crippen molar-refractivity contribution in [2.45, 2.75) is 39.7 Å². The molecule has 0 saturated carbocycles. The SMILES string of the molecule is Cc1cc(CNC(=O)CCC2CCNC2)sc1C. The summed E-state index contributed by atoms with van der Waals surface area (Å²) in [6.07, 6.45) is 2.90. The van der Waals surface area contributed by atoms with Gasteiger partial charge in [0.2, 0.25) is 5.91 Å². The van der Waals surface area contributed by atoms with Crippen molar-refractivity contribution in [3.63, 3.8) is 0 Å². The number of rotatable bonds is 5. The molecule has 1 amide bonds. The van der Waals surface area contributed by atoms with E-state index in [-0.39, 0.29) is 5.91 Å². The molecular formula is C14H22N2OS. The molecule has 3 nitrogen and oxygen atoms in total. The van der Waals surface area contributed by atoms with Gasteiger partial charge in [-0.1, -0.05) is 0 Å². The second kappa shape index (κ2) is 6.34. The van der Waals surface area contributed by atoms with Crippen molar-refractivity contribution < 1.29 is 4.79 Å². The number of carbonyl (C=O) groups excluding carboxylic acids is 1. The van der Waals surface area contributed by atoms with Crippen molar-refractivity contribution >= 4 is 17.2 Å². The van der Waals surface area contributed by atoms with Crippen LogP contribution >= 0.6 is 11.3 Å². The molecule has 1 unspecified atom stereocenters. The molecule has 0 spiro atoms. The Kier molecular flexibility index (Phi) is 4.78. The van der Waals surface area contributed by atoms with Gasteiger partial charge in [0.1, 0.15) is 0 Å². The summed E-state index contributed by atoms with van der Waals surface area (Å²) in [5, 5.41) is 6.35. The zero-order valence-corrected chi connectivity index (χ0v) is 12.0. The highest BCUT2D eigenvalue weighted by atomic mass is 32.1. The van der Waals surface area contributed by atoms with Gasteiger partial charge in [0, 0.05) is 16.2 Å². The van der Waals surface area contributed by atoms with Crippen LogP contribution in [-0.4, -0.2) is 19.0 Å². The predicted octanol–water partition coefficient (Wildman–Crippen LogP) is 2.37. The van der Waals surface area contributed by atoms with E-state index in [2.05, 4.69) is 30.5 Å². The molecular weight excluding hydrogens is 244 g/mol. The third-order valence-corrected chi connectivity index (χ3v) is 4.77. The topological polar surface area (TPSA) is 41.1 Å². The summed E-state index contributed by atoms with van der Waals surface area (Å²) in [6.45, 7) is 7.11. The molecule has 2 rings (SSSR count). The van der Waals surface area contributed by atoms with Crippen molar-refractivity contribution in [3.05, 3.63) is 21.4 Å². The van der Waals surface area contributed by atoms with Crippen LogP contribution in [0.4, 0.5) is 0 Å². The molecule has 1 saturated heterocycles. The first-order valence-electron chi connectivity index (χ1n) is 6.68. The maximum atomic E-state index is 11.7. The molecule has 4 heteroatoms. The van der Waals surface area contributed by atoms with Gasteiger partial charge < -0.3 is 10.6 Å². The highest BCUT2D eigenvalue weighted by molar-refractivity contribution is 7.12. The summed E-state index contributed by atoms with van der Waals surface area (Å²) in [4.78, 5) is 14.3. The lowest BCUT2D eigenvalue weighted by molar-refractivity contribution is -0.121. The van der Waals surface area contributed by atoms with Gasteiger partial charge in [-0.25, -0.2) is 0 Å². The maximum Gasteiger partial charge on any atom is 0.220 e. The highest BCUT2D eigenvalue weighted by Crippen LogP contribution is 2.20. The molecule has 1 atom stereocenters. The first-order chi connectivity index (χ1) is 8.65. The minimum Gasteiger partial charge on any atom is -0.351 e. The lowest BCUT2D eigenvalue weighted by atomic mass is 10.0. The zero-order valence-electron chi connectivity index (χ0n) is 11.2. The van der Waals surface area contributed by atoms with Gasteiger partial charge in [-0.2, -0.15) is 0 Å². The van der Waals surface area contributed by atoms with Gasteiger partial charge in [-0.15, -0.1) is 11.3 Å². The quantitative estimate of drug-likeness (QED) is 0.859. The summed E-state index contributed by atoms with van der Waals surface area (Å²) >= 11 is 1.78. The Labute approximate surface area is 113 Å². The van der Waals surface area contributed by atoms with Crippen molar-refractivity contribution in [1.29, 1.82) is 0 Å². The van der Waals surface area contributed by atoms with Crippen LogP contribution in [0, 0.1) is 19.8 Å². The number of thiophene rings is 1. The minimum absolute atomic E-state index is 0.186. The smallest absolute Gasteiger partial charge is 0.220 e. The third kappa shape index (κ3) is 3.82. The van der Waals surface area contributed by atoms with E-state index in [9.17, 15) is 4.79 Å². The molecule has 100 valence electrons. The molecule has 0 bridgehead atoms. The van der Waals surface area contributed by atoms with Crippen LogP contribution < -0.4 is 10.6 Å². The van der Waals surface area contributed by atoms with E-state index in [4.69, 9.17) is 0 Å². The van der Waals surface area contributed by atoms with Gasteiger partial charge >= 0.3 is 0 Å². The molecule has 2 N–H and O–H groups in total. The van der Waals surface area contributed by atoms with Crippen LogP contribution in [0.3, 0.4) is 0 Å². The van der Waals surface area contributed by atoms with E-state index in [0.717, 1.165) is 19.5 Å². The Bertz CT molecular complexity index is 388. The van der Waals surface area contributed by atoms with Crippen LogP contribution in [0.5, 0.6) is 0 Å². The highest BCUT2D eigenvalue weighted by Gasteiger charge is 2.15. The first-order valence-corrected chi connectivity index (χ1v) is 7.50. The van der Waals surface area contributed by atoms with Crippen molar-refractivity contribution in [3.8, 4) is 0 Å². The second-order valence-corrected chi connectivity index (χ2v) is 6.47. The molecule has 1 fully saturated rings. The molecule has 1 aromatic heterocycles. The summed E-state index contributed by atoms with van der Waals surface area (Å²) in [6, 6.07) is 2.17. The predicted molar refractivity (Wildman–Crippen MR) is 75.9 cm³/mol. The normalized spacial score (nSPS) is 19.1. The fourth-order valence-electron chi connectivity index (χ4n) is 2.31. The van der Waals surface area contributed by atoms with E-state index in [1.54, 1.807) is 11.3 Å². The molecule has 2 heterocycles. The summed E-state index contributed by atoms with van der Waals surface area (Å²) < 4.78 is 0. The molecule has 1 aromatic rings. The fourth-order valence-corrected chi connectivity index (χ4v) is 3.30. The number of carbonyl (C=O) groups is 1. The van der Waals surface area contributed by atoms with Crippen LogP contribution in [0.2, 0.25) is 0 Å². The van der Waals surface area contributed by atoms with E-state index in [1.807, 2.05) is 0 Å². The number of amides is 1. The summed E-state index contributed by atoms with van der Waals surface area (Å²) in [5.41, 5.74) is 1.32. The zero-order chi connectivity index (χ0) is 13.0. The van der Waals surface area contributed by atoms with Crippen molar-refractivity contribution in [2.24, 2.45) is 5.92 Å². The second-order valence-electron chi connectivity index (χ2n) is 5.13. The van der Waals surface area contributed by atoms with E-state index < -0.39 is 0 Å². The number of hydrogen-bond acceptors (Lipinski definition) is 3. The Morgan fingerprint density at radius 2 is 2.39 bits per heavy atom. The van der Waals surface area contributed by atoms with Gasteiger partial charge in [-0.3, -0.25) is 4.79 Å². The average molecular weight is 266 g/mol. The number of nitrogens with one attached hydrogen (secondary N) is 2. The Morgan fingerprint density at radius 3 is 3.00 bits per heavy atom. The number of aryl methyl sites for hydroxylation is 2. The maximum absolute atomic E-state index is 11.7. The van der Waals surface area contributed by atoms with E-state index in [0.29, 0.717) is 18.9 Å². The van der Waals surface area contributed by atoms with Gasteiger partial charge in [0.25, 0.3) is 0 Å². The van der Waals surface area contributed by atoms with Gasteiger partial charge in [0.05, 0.1) is 6.54 Å². The fraction of sp³-hybridized carbons (Fsp3) is 0.643.